The second-order valence-electron chi connectivity index (χ2n) is 7.04. The topological polar surface area (TPSA) is 67.1 Å². The number of hydrogen-bond acceptors (Lipinski definition) is 3. The molecule has 0 saturated heterocycles. The van der Waals surface area contributed by atoms with Gasteiger partial charge in [0, 0.05) is 23.5 Å². The first-order valence-electron chi connectivity index (χ1n) is 9.86. The molecule has 1 atom stereocenters. The van der Waals surface area contributed by atoms with Gasteiger partial charge in [0.2, 0.25) is 0 Å². The number of rotatable bonds is 7. The summed E-state index contributed by atoms with van der Waals surface area (Å²) in [5.74, 6) is 1.89. The zero-order valence-corrected chi connectivity index (χ0v) is 20.5. The average molecular weight is 561 g/mol. The van der Waals surface area contributed by atoms with Crippen LogP contribution in [0.1, 0.15) is 57.0 Å². The summed E-state index contributed by atoms with van der Waals surface area (Å²) in [5, 5.41) is 15.3. The van der Waals surface area contributed by atoms with E-state index in [0.29, 0.717) is 12.6 Å². The molecule has 0 spiro atoms. The zero-order chi connectivity index (χ0) is 19.1. The molecule has 3 rings (SSSR count). The number of aromatic nitrogens is 3. The van der Waals surface area contributed by atoms with Gasteiger partial charge in [0.15, 0.2) is 5.96 Å². The minimum absolute atomic E-state index is 0. The van der Waals surface area contributed by atoms with Crippen LogP contribution in [0.25, 0.3) is 0 Å². The van der Waals surface area contributed by atoms with Gasteiger partial charge in [0.1, 0.15) is 12.2 Å². The van der Waals surface area contributed by atoms with Crippen molar-refractivity contribution in [1.82, 2.24) is 25.4 Å². The van der Waals surface area contributed by atoms with Crippen molar-refractivity contribution >= 4 is 45.9 Å². The molecular formula is C20H30BrIN6. The second-order valence-corrected chi connectivity index (χ2v) is 7.89. The molecule has 1 aliphatic rings. The summed E-state index contributed by atoms with van der Waals surface area (Å²) in [5.41, 5.74) is 1.23. The van der Waals surface area contributed by atoms with Crippen LogP contribution in [-0.2, 0) is 13.0 Å². The first kappa shape index (κ1) is 23.1. The maximum absolute atomic E-state index is 4.84. The Kier molecular flexibility index (Phi) is 9.70. The number of aryl methyl sites for hydroxylation is 1. The van der Waals surface area contributed by atoms with Gasteiger partial charge in [-0.3, -0.25) is 4.99 Å². The normalized spacial score (nSPS) is 15.9. The Balaban J connectivity index is 0.00000280. The minimum atomic E-state index is 0. The van der Waals surface area contributed by atoms with Gasteiger partial charge in [0.25, 0.3) is 0 Å². The maximum atomic E-state index is 4.84. The van der Waals surface area contributed by atoms with E-state index in [4.69, 9.17) is 4.99 Å². The fourth-order valence-corrected chi connectivity index (χ4v) is 4.14. The fourth-order valence-electron chi connectivity index (χ4n) is 3.51. The van der Waals surface area contributed by atoms with Crippen molar-refractivity contribution in [2.75, 3.05) is 6.54 Å². The number of hydrogen-bond donors (Lipinski definition) is 2. The molecule has 1 aromatic carbocycles. The van der Waals surface area contributed by atoms with Crippen molar-refractivity contribution in [2.24, 2.45) is 4.99 Å². The Bertz CT molecular complexity index is 757. The van der Waals surface area contributed by atoms with E-state index < -0.39 is 0 Å². The summed E-state index contributed by atoms with van der Waals surface area (Å²) in [7, 11) is 0. The fraction of sp³-hybridized carbons (Fsp3) is 0.550. The van der Waals surface area contributed by atoms with E-state index >= 15 is 0 Å². The molecule has 1 heterocycles. The SMILES string of the molecule is CCc1nncn1CCN=C(NC1CCCC1)NC(C)c1ccccc1Br.I. The van der Waals surface area contributed by atoms with Crippen LogP contribution in [-0.4, -0.2) is 33.3 Å². The molecule has 154 valence electrons. The number of guanidine groups is 1. The van der Waals surface area contributed by atoms with Crippen LogP contribution in [0.2, 0.25) is 0 Å². The van der Waals surface area contributed by atoms with Gasteiger partial charge in [-0.2, -0.15) is 0 Å². The van der Waals surface area contributed by atoms with Crippen LogP contribution in [0.15, 0.2) is 40.1 Å². The molecule has 2 aromatic rings. The van der Waals surface area contributed by atoms with E-state index in [1.807, 2.05) is 6.07 Å². The Labute approximate surface area is 193 Å². The number of benzene rings is 1. The number of aliphatic imine (C=N–C) groups is 1. The van der Waals surface area contributed by atoms with Crippen LogP contribution in [0, 0.1) is 0 Å². The third kappa shape index (κ3) is 6.43. The molecule has 6 nitrogen and oxygen atoms in total. The van der Waals surface area contributed by atoms with Crippen molar-refractivity contribution < 1.29 is 0 Å². The molecule has 1 unspecified atom stereocenters. The Hall–Kier alpha value is -1.16. The van der Waals surface area contributed by atoms with Crippen LogP contribution in [0.4, 0.5) is 0 Å². The molecule has 0 aliphatic heterocycles. The van der Waals surface area contributed by atoms with Crippen molar-refractivity contribution in [3.8, 4) is 0 Å². The number of nitrogens with one attached hydrogen (secondary N) is 2. The number of halogens is 2. The largest absolute Gasteiger partial charge is 0.354 e. The van der Waals surface area contributed by atoms with Gasteiger partial charge in [-0.15, -0.1) is 34.2 Å². The van der Waals surface area contributed by atoms with E-state index in [-0.39, 0.29) is 30.0 Å². The van der Waals surface area contributed by atoms with Gasteiger partial charge < -0.3 is 15.2 Å². The van der Waals surface area contributed by atoms with E-state index in [9.17, 15) is 0 Å². The molecule has 0 radical (unpaired) electrons. The van der Waals surface area contributed by atoms with Crippen molar-refractivity contribution in [1.29, 1.82) is 0 Å². The molecule has 1 saturated carbocycles. The lowest BCUT2D eigenvalue weighted by Gasteiger charge is -2.22. The van der Waals surface area contributed by atoms with Crippen LogP contribution in [0.3, 0.4) is 0 Å². The molecular weight excluding hydrogens is 531 g/mol. The second kappa shape index (κ2) is 11.7. The van der Waals surface area contributed by atoms with Gasteiger partial charge in [-0.25, -0.2) is 0 Å². The predicted molar refractivity (Wildman–Crippen MR) is 128 cm³/mol. The summed E-state index contributed by atoms with van der Waals surface area (Å²) in [4.78, 5) is 4.84. The highest BCUT2D eigenvalue weighted by Crippen LogP contribution is 2.23. The number of nitrogens with zero attached hydrogens (tertiary/aromatic N) is 4. The van der Waals surface area contributed by atoms with Crippen LogP contribution < -0.4 is 10.6 Å². The predicted octanol–water partition coefficient (Wildman–Crippen LogP) is 4.46. The molecule has 0 bridgehead atoms. The highest BCUT2D eigenvalue weighted by molar-refractivity contribution is 14.0. The van der Waals surface area contributed by atoms with Crippen molar-refractivity contribution in [3.63, 3.8) is 0 Å². The first-order chi connectivity index (χ1) is 13.2. The molecule has 1 fully saturated rings. The quantitative estimate of drug-likeness (QED) is 0.298. The molecule has 1 aromatic heterocycles. The molecule has 1 aliphatic carbocycles. The Morgan fingerprint density at radius 2 is 2.07 bits per heavy atom. The van der Waals surface area contributed by atoms with Gasteiger partial charge >= 0.3 is 0 Å². The van der Waals surface area contributed by atoms with Crippen molar-refractivity contribution in [3.05, 3.63) is 46.5 Å². The lowest BCUT2D eigenvalue weighted by Crippen LogP contribution is -2.43. The summed E-state index contributed by atoms with van der Waals surface area (Å²) >= 11 is 3.65. The van der Waals surface area contributed by atoms with Crippen molar-refractivity contribution in [2.45, 2.75) is 64.6 Å². The van der Waals surface area contributed by atoms with Crippen LogP contribution >= 0.6 is 39.9 Å². The van der Waals surface area contributed by atoms with E-state index in [2.05, 4.69) is 73.4 Å². The maximum Gasteiger partial charge on any atom is 0.192 e. The zero-order valence-electron chi connectivity index (χ0n) is 16.6. The molecule has 28 heavy (non-hydrogen) atoms. The van der Waals surface area contributed by atoms with E-state index in [0.717, 1.165) is 29.2 Å². The minimum Gasteiger partial charge on any atom is -0.354 e. The standard InChI is InChI=1S/C20H29BrN6.HI/c1-3-19-26-23-14-27(19)13-12-22-20(25-16-8-4-5-9-16)24-15(2)17-10-6-7-11-18(17)21;/h6-7,10-11,14-16H,3-5,8-9,12-13H2,1-2H3,(H2,22,24,25);1H. The molecule has 0 amide bonds. The highest BCUT2D eigenvalue weighted by Gasteiger charge is 2.18. The lowest BCUT2D eigenvalue weighted by molar-refractivity contribution is 0.588. The summed E-state index contributed by atoms with van der Waals surface area (Å²) in [6, 6.07) is 9.00. The Morgan fingerprint density at radius 1 is 1.32 bits per heavy atom. The van der Waals surface area contributed by atoms with Gasteiger partial charge in [-0.1, -0.05) is 53.9 Å². The Morgan fingerprint density at radius 3 is 2.79 bits per heavy atom. The average Bonchev–Trinajstić information content (AvgIpc) is 3.33. The van der Waals surface area contributed by atoms with Crippen LogP contribution in [0.5, 0.6) is 0 Å². The monoisotopic (exact) mass is 560 g/mol. The van der Waals surface area contributed by atoms with E-state index in [1.54, 1.807) is 6.33 Å². The van der Waals surface area contributed by atoms with E-state index in [1.165, 1.54) is 31.2 Å². The third-order valence-electron chi connectivity index (χ3n) is 5.04. The molecule has 8 heteroatoms. The summed E-state index contributed by atoms with van der Waals surface area (Å²) in [6.45, 7) is 5.74. The first-order valence-corrected chi connectivity index (χ1v) is 10.6. The smallest absolute Gasteiger partial charge is 0.192 e. The lowest BCUT2D eigenvalue weighted by atomic mass is 10.1. The molecule has 2 N–H and O–H groups in total. The third-order valence-corrected chi connectivity index (χ3v) is 5.77. The van der Waals surface area contributed by atoms with Gasteiger partial charge in [-0.05, 0) is 31.4 Å². The summed E-state index contributed by atoms with van der Waals surface area (Å²) in [6.07, 6.45) is 7.70. The summed E-state index contributed by atoms with van der Waals surface area (Å²) < 4.78 is 3.19. The van der Waals surface area contributed by atoms with Gasteiger partial charge in [0.05, 0.1) is 12.6 Å². The highest BCUT2D eigenvalue weighted by atomic mass is 127.